The number of benzene rings is 1. The van der Waals surface area contributed by atoms with E-state index in [2.05, 4.69) is 12.2 Å². The van der Waals surface area contributed by atoms with Crippen LogP contribution in [0.4, 0.5) is 11.4 Å². The van der Waals surface area contributed by atoms with Gasteiger partial charge < -0.3 is 5.32 Å². The molecule has 0 radical (unpaired) electrons. The fourth-order valence-electron chi connectivity index (χ4n) is 2.88. The van der Waals surface area contributed by atoms with Crippen LogP contribution in [-0.2, 0) is 0 Å². The average Bonchev–Trinajstić information content (AvgIpc) is 2.80. The van der Waals surface area contributed by atoms with E-state index in [4.69, 9.17) is 11.6 Å². The summed E-state index contributed by atoms with van der Waals surface area (Å²) < 4.78 is 0. The van der Waals surface area contributed by atoms with Crippen LogP contribution in [0.5, 0.6) is 0 Å². The Morgan fingerprint density at radius 2 is 2.21 bits per heavy atom. The molecule has 104 valence electrons. The molecule has 1 aliphatic rings. The molecule has 1 saturated carbocycles. The number of nitrogens with zero attached hydrogens (tertiary/aromatic N) is 1. The van der Waals surface area contributed by atoms with Crippen molar-refractivity contribution in [1.82, 2.24) is 0 Å². The zero-order valence-corrected chi connectivity index (χ0v) is 12.0. The zero-order valence-electron chi connectivity index (χ0n) is 11.3. The van der Waals surface area contributed by atoms with Crippen LogP contribution in [0.3, 0.4) is 0 Å². The Morgan fingerprint density at radius 3 is 2.84 bits per heavy atom. The normalized spacial score (nSPS) is 22.5. The minimum atomic E-state index is -0.441. The van der Waals surface area contributed by atoms with Crippen molar-refractivity contribution in [3.8, 4) is 0 Å². The van der Waals surface area contributed by atoms with E-state index in [9.17, 15) is 10.1 Å². The van der Waals surface area contributed by atoms with Crippen LogP contribution < -0.4 is 5.32 Å². The molecule has 1 fully saturated rings. The van der Waals surface area contributed by atoms with E-state index < -0.39 is 4.92 Å². The first-order chi connectivity index (χ1) is 9.02. The second-order valence-corrected chi connectivity index (χ2v) is 5.63. The monoisotopic (exact) mass is 282 g/mol. The number of halogens is 1. The van der Waals surface area contributed by atoms with Crippen LogP contribution in [0, 0.1) is 23.0 Å². The maximum absolute atomic E-state index is 10.8. The highest BCUT2D eigenvalue weighted by Gasteiger charge is 2.26. The molecule has 0 aromatic heterocycles. The van der Waals surface area contributed by atoms with E-state index >= 15 is 0 Å². The van der Waals surface area contributed by atoms with Crippen LogP contribution >= 0.6 is 11.6 Å². The molecular weight excluding hydrogens is 264 g/mol. The maximum Gasteiger partial charge on any atom is 0.288 e. The van der Waals surface area contributed by atoms with Gasteiger partial charge in [-0.1, -0.05) is 31.4 Å². The fraction of sp³-hybridized carbons (Fsp3) is 0.571. The third-order valence-corrected chi connectivity index (χ3v) is 4.32. The Bertz CT molecular complexity index is 491. The van der Waals surface area contributed by atoms with E-state index in [0.29, 0.717) is 12.0 Å². The van der Waals surface area contributed by atoms with Gasteiger partial charge in [0.15, 0.2) is 0 Å². The predicted molar refractivity (Wildman–Crippen MR) is 77.9 cm³/mol. The second kappa shape index (κ2) is 5.78. The van der Waals surface area contributed by atoms with Crippen LogP contribution in [0.15, 0.2) is 12.1 Å². The van der Waals surface area contributed by atoms with Gasteiger partial charge in [0, 0.05) is 17.8 Å². The molecule has 4 nitrogen and oxygen atoms in total. The number of nitro groups is 1. The Balaban J connectivity index is 2.21. The topological polar surface area (TPSA) is 55.2 Å². The quantitative estimate of drug-likeness (QED) is 0.651. The minimum absolute atomic E-state index is 0.0248. The van der Waals surface area contributed by atoms with Gasteiger partial charge >= 0.3 is 0 Å². The number of hydrogen-bond acceptors (Lipinski definition) is 3. The Labute approximate surface area is 118 Å². The number of anilines is 1. The van der Waals surface area contributed by atoms with Crippen molar-refractivity contribution in [3.63, 3.8) is 0 Å². The van der Waals surface area contributed by atoms with E-state index in [1.54, 1.807) is 12.1 Å². The lowest BCUT2D eigenvalue weighted by Crippen LogP contribution is -2.23. The lowest BCUT2D eigenvalue weighted by molar-refractivity contribution is -0.384. The maximum atomic E-state index is 10.8. The number of rotatable bonds is 4. The summed E-state index contributed by atoms with van der Waals surface area (Å²) in [6.07, 6.45) is 4.83. The van der Waals surface area contributed by atoms with Crippen molar-refractivity contribution >= 4 is 23.0 Å². The second-order valence-electron chi connectivity index (χ2n) is 5.23. The van der Waals surface area contributed by atoms with Crippen LogP contribution in [0.1, 0.15) is 38.2 Å². The molecule has 1 aromatic carbocycles. The SMILES string of the molecule is CCC1CCCC1Nc1cc(Cl)c([N+](=O)[O-])cc1C. The van der Waals surface area contributed by atoms with Crippen LogP contribution in [-0.4, -0.2) is 11.0 Å². The molecule has 0 bridgehead atoms. The van der Waals surface area contributed by atoms with Gasteiger partial charge in [0.2, 0.25) is 0 Å². The summed E-state index contributed by atoms with van der Waals surface area (Å²) in [5, 5.41) is 14.5. The van der Waals surface area contributed by atoms with Gasteiger partial charge in [-0.25, -0.2) is 0 Å². The summed E-state index contributed by atoms with van der Waals surface area (Å²) in [6.45, 7) is 4.09. The minimum Gasteiger partial charge on any atom is -0.382 e. The summed E-state index contributed by atoms with van der Waals surface area (Å²) in [6, 6.07) is 3.68. The number of hydrogen-bond donors (Lipinski definition) is 1. The van der Waals surface area contributed by atoms with E-state index in [0.717, 1.165) is 24.1 Å². The lowest BCUT2D eigenvalue weighted by atomic mass is 10.00. The molecule has 2 atom stereocenters. The summed E-state index contributed by atoms with van der Waals surface area (Å²) in [5.41, 5.74) is 1.77. The third-order valence-electron chi connectivity index (χ3n) is 4.01. The molecule has 0 spiro atoms. The van der Waals surface area contributed by atoms with Gasteiger partial charge in [0.25, 0.3) is 5.69 Å². The van der Waals surface area contributed by atoms with Gasteiger partial charge in [-0.15, -0.1) is 0 Å². The smallest absolute Gasteiger partial charge is 0.288 e. The highest BCUT2D eigenvalue weighted by molar-refractivity contribution is 6.33. The molecule has 19 heavy (non-hydrogen) atoms. The van der Waals surface area contributed by atoms with Gasteiger partial charge in [-0.05, 0) is 37.3 Å². The van der Waals surface area contributed by atoms with E-state index in [1.165, 1.54) is 12.8 Å². The molecule has 2 rings (SSSR count). The van der Waals surface area contributed by atoms with Crippen molar-refractivity contribution in [2.75, 3.05) is 5.32 Å². The van der Waals surface area contributed by atoms with E-state index in [-0.39, 0.29) is 10.7 Å². The summed E-state index contributed by atoms with van der Waals surface area (Å²) in [5.74, 6) is 0.688. The lowest BCUT2D eigenvalue weighted by Gasteiger charge is -2.22. The highest BCUT2D eigenvalue weighted by atomic mass is 35.5. The molecule has 1 aliphatic carbocycles. The molecule has 2 unspecified atom stereocenters. The molecule has 0 heterocycles. The molecule has 1 aromatic rings. The largest absolute Gasteiger partial charge is 0.382 e. The third kappa shape index (κ3) is 3.00. The van der Waals surface area contributed by atoms with Gasteiger partial charge in [-0.3, -0.25) is 10.1 Å². The Kier molecular flexibility index (Phi) is 4.30. The number of nitro benzene ring substituents is 1. The first-order valence-electron chi connectivity index (χ1n) is 6.74. The van der Waals surface area contributed by atoms with Crippen molar-refractivity contribution in [1.29, 1.82) is 0 Å². The predicted octanol–water partition coefficient (Wildman–Crippen LogP) is 4.55. The number of aryl methyl sites for hydroxylation is 1. The summed E-state index contributed by atoms with van der Waals surface area (Å²) >= 11 is 5.97. The molecule has 0 saturated heterocycles. The van der Waals surface area contributed by atoms with Crippen molar-refractivity contribution < 1.29 is 4.92 Å². The summed E-state index contributed by atoms with van der Waals surface area (Å²) in [4.78, 5) is 10.4. The Hall–Kier alpha value is -1.29. The molecule has 0 amide bonds. The van der Waals surface area contributed by atoms with E-state index in [1.807, 2.05) is 6.92 Å². The molecular formula is C14H19ClN2O2. The summed E-state index contributed by atoms with van der Waals surface area (Å²) in [7, 11) is 0. The first kappa shape index (κ1) is 14.1. The number of nitrogens with one attached hydrogen (secondary N) is 1. The molecule has 1 N–H and O–H groups in total. The zero-order chi connectivity index (χ0) is 14.0. The van der Waals surface area contributed by atoms with Gasteiger partial charge in [-0.2, -0.15) is 0 Å². The molecule has 0 aliphatic heterocycles. The average molecular weight is 283 g/mol. The molecule has 5 heteroatoms. The Morgan fingerprint density at radius 1 is 1.47 bits per heavy atom. The fourth-order valence-corrected chi connectivity index (χ4v) is 3.11. The highest BCUT2D eigenvalue weighted by Crippen LogP contribution is 2.35. The van der Waals surface area contributed by atoms with Crippen molar-refractivity contribution in [2.45, 2.75) is 45.6 Å². The van der Waals surface area contributed by atoms with Crippen molar-refractivity contribution in [2.24, 2.45) is 5.92 Å². The van der Waals surface area contributed by atoms with Crippen molar-refractivity contribution in [3.05, 3.63) is 32.8 Å². The van der Waals surface area contributed by atoms with Crippen LogP contribution in [0.25, 0.3) is 0 Å². The van der Waals surface area contributed by atoms with Gasteiger partial charge in [0.1, 0.15) is 5.02 Å². The van der Waals surface area contributed by atoms with Crippen LogP contribution in [0.2, 0.25) is 5.02 Å². The standard InChI is InChI=1S/C14H19ClN2O2/c1-3-10-5-4-6-12(10)16-13-8-11(15)14(17(18)19)7-9(13)2/h7-8,10,12,16H,3-6H2,1-2H3. The van der Waals surface area contributed by atoms with Gasteiger partial charge in [0.05, 0.1) is 4.92 Å². The first-order valence-corrected chi connectivity index (χ1v) is 7.11.